The summed E-state index contributed by atoms with van der Waals surface area (Å²) in [6.07, 6.45) is 4.70. The largest absolute Gasteiger partial charge is 0.105 e. The van der Waals surface area contributed by atoms with Crippen molar-refractivity contribution < 1.29 is 0 Å². The molecule has 1 atom stereocenters. The van der Waals surface area contributed by atoms with Gasteiger partial charge in [-0.05, 0) is 57.6 Å². The number of hydrogen-bond donors (Lipinski definition) is 0. The van der Waals surface area contributed by atoms with Gasteiger partial charge in [-0.2, -0.15) is 0 Å². The van der Waals surface area contributed by atoms with Gasteiger partial charge in [-0.3, -0.25) is 0 Å². The summed E-state index contributed by atoms with van der Waals surface area (Å²) in [5.41, 5.74) is 7.98. The van der Waals surface area contributed by atoms with Gasteiger partial charge < -0.3 is 0 Å². The molecule has 25 heavy (non-hydrogen) atoms. The van der Waals surface area contributed by atoms with E-state index in [0.29, 0.717) is 0 Å². The lowest BCUT2D eigenvalue weighted by molar-refractivity contribution is 0.922. The van der Waals surface area contributed by atoms with E-state index < -0.39 is 0 Å². The van der Waals surface area contributed by atoms with Crippen LogP contribution in [0.15, 0.2) is 66.7 Å². The summed E-state index contributed by atoms with van der Waals surface area (Å²) in [5.74, 6) is 0. The molecule has 0 heterocycles. The molecule has 0 aliphatic rings. The molecule has 0 N–H and O–H groups in total. The third-order valence-corrected chi connectivity index (χ3v) is 5.16. The van der Waals surface area contributed by atoms with Crippen LogP contribution < -0.4 is 5.30 Å². The molecule has 0 aliphatic heterocycles. The first kappa shape index (κ1) is 17.9. The molecule has 1 heteroatoms. The van der Waals surface area contributed by atoms with Crippen molar-refractivity contribution in [2.45, 2.75) is 39.5 Å². The van der Waals surface area contributed by atoms with Gasteiger partial charge >= 0.3 is 0 Å². The monoisotopic (exact) mass is 346 g/mol. The Morgan fingerprint density at radius 3 is 1.56 bits per heavy atom. The Bertz CT molecular complexity index is 814. The maximum Gasteiger partial charge on any atom is -0.0112 e. The van der Waals surface area contributed by atoms with Crippen LogP contribution in [0.5, 0.6) is 0 Å². The lowest BCUT2D eigenvalue weighted by Crippen LogP contribution is -1.98. The Morgan fingerprint density at radius 1 is 0.600 bits per heavy atom. The molecule has 0 bridgehead atoms. The minimum Gasteiger partial charge on any atom is -0.105 e. The van der Waals surface area contributed by atoms with E-state index in [4.69, 9.17) is 0 Å². The molecule has 0 amide bonds. The zero-order valence-corrected chi connectivity index (χ0v) is 16.4. The van der Waals surface area contributed by atoms with E-state index in [1.165, 1.54) is 51.5 Å². The molecule has 0 aliphatic carbocycles. The summed E-state index contributed by atoms with van der Waals surface area (Å²) in [5, 5.41) is 1.25. The lowest BCUT2D eigenvalue weighted by Gasteiger charge is -2.10. The van der Waals surface area contributed by atoms with Gasteiger partial charge in [0.15, 0.2) is 0 Å². The molecule has 0 aromatic heterocycles. The van der Waals surface area contributed by atoms with Crippen LogP contribution in [0.3, 0.4) is 0 Å². The first-order valence-corrected chi connectivity index (χ1v) is 9.87. The van der Waals surface area contributed by atoms with Crippen molar-refractivity contribution in [1.29, 1.82) is 0 Å². The molecule has 3 aromatic rings. The fourth-order valence-electron chi connectivity index (χ4n) is 3.30. The molecule has 3 rings (SSSR count). The van der Waals surface area contributed by atoms with Crippen LogP contribution in [0, 0.1) is 0 Å². The molecule has 0 nitrogen and oxygen atoms in total. The quantitative estimate of drug-likeness (QED) is 0.451. The molecular formula is C24H27P. The van der Waals surface area contributed by atoms with E-state index in [1.54, 1.807) is 0 Å². The fraction of sp³-hybridized carbons (Fsp3) is 0.250. The maximum absolute atomic E-state index is 2.90. The first-order valence-electron chi connectivity index (χ1n) is 9.29. The normalized spacial score (nSPS) is 10.8. The van der Waals surface area contributed by atoms with Gasteiger partial charge in [0.25, 0.3) is 0 Å². The van der Waals surface area contributed by atoms with Crippen LogP contribution in [-0.4, -0.2) is 0 Å². The van der Waals surface area contributed by atoms with E-state index in [9.17, 15) is 0 Å². The fourth-order valence-corrected chi connectivity index (χ4v) is 3.74. The third-order valence-electron chi connectivity index (χ3n) is 4.68. The van der Waals surface area contributed by atoms with Crippen LogP contribution in [0.25, 0.3) is 22.3 Å². The van der Waals surface area contributed by atoms with E-state index in [0.717, 1.165) is 12.8 Å². The summed E-state index contributed by atoms with van der Waals surface area (Å²) in [4.78, 5) is 0. The van der Waals surface area contributed by atoms with E-state index in [-0.39, 0.29) is 0 Å². The van der Waals surface area contributed by atoms with Crippen LogP contribution in [0.4, 0.5) is 0 Å². The van der Waals surface area contributed by atoms with Crippen LogP contribution in [0.1, 0.15) is 37.8 Å². The van der Waals surface area contributed by atoms with Gasteiger partial charge in [0.1, 0.15) is 0 Å². The van der Waals surface area contributed by atoms with E-state index in [2.05, 4.69) is 89.8 Å². The third kappa shape index (κ3) is 4.39. The average Bonchev–Trinajstić information content (AvgIpc) is 2.64. The molecule has 0 saturated carbocycles. The maximum atomic E-state index is 2.90. The van der Waals surface area contributed by atoms with Gasteiger partial charge in [-0.1, -0.05) is 87.4 Å². The predicted molar refractivity (Wildman–Crippen MR) is 115 cm³/mol. The highest BCUT2D eigenvalue weighted by Gasteiger charge is 2.05. The van der Waals surface area contributed by atoms with E-state index in [1.807, 2.05) is 0 Å². The number of hydrogen-bond acceptors (Lipinski definition) is 0. The van der Waals surface area contributed by atoms with Crippen LogP contribution in [-0.2, 0) is 12.8 Å². The standard InChI is InChI=1S/C24H27P/c1-3-5-18-7-11-20(12-8-18)22-15-16-23(24(25)17-22)21-13-9-19(6-4-2)10-14-21/h7-17H,3-6,25H2,1-2H3. The second kappa shape index (κ2) is 8.45. The minimum absolute atomic E-state index is 1.15. The highest BCUT2D eigenvalue weighted by molar-refractivity contribution is 7.28. The highest BCUT2D eigenvalue weighted by Crippen LogP contribution is 2.26. The van der Waals surface area contributed by atoms with Crippen molar-refractivity contribution in [2.24, 2.45) is 0 Å². The van der Waals surface area contributed by atoms with Crippen molar-refractivity contribution in [3.05, 3.63) is 77.9 Å². The molecule has 0 fully saturated rings. The zero-order valence-electron chi connectivity index (χ0n) is 15.3. The van der Waals surface area contributed by atoms with Crippen molar-refractivity contribution in [1.82, 2.24) is 0 Å². The Balaban J connectivity index is 1.85. The molecule has 0 saturated heterocycles. The number of aryl methyl sites for hydroxylation is 2. The summed E-state index contributed by atoms with van der Waals surface area (Å²) < 4.78 is 0. The number of rotatable bonds is 6. The molecule has 1 unspecified atom stereocenters. The highest BCUT2D eigenvalue weighted by atomic mass is 31.0. The molecular weight excluding hydrogens is 319 g/mol. The smallest absolute Gasteiger partial charge is 0.0112 e. The van der Waals surface area contributed by atoms with Gasteiger partial charge in [0.05, 0.1) is 0 Å². The minimum atomic E-state index is 1.15. The zero-order chi connectivity index (χ0) is 17.6. The SMILES string of the molecule is CCCc1ccc(-c2ccc(-c3ccc(CCC)cc3)c(P)c2)cc1. The Morgan fingerprint density at radius 2 is 1.08 bits per heavy atom. The Kier molecular flexibility index (Phi) is 6.05. The van der Waals surface area contributed by atoms with Crippen molar-refractivity contribution in [3.63, 3.8) is 0 Å². The summed E-state index contributed by atoms with van der Waals surface area (Å²) in [6, 6.07) is 24.7. The average molecular weight is 346 g/mol. The molecule has 128 valence electrons. The van der Waals surface area contributed by atoms with Crippen molar-refractivity contribution in [2.75, 3.05) is 0 Å². The topological polar surface area (TPSA) is 0 Å². The second-order valence-corrected chi connectivity index (χ2v) is 7.32. The van der Waals surface area contributed by atoms with Gasteiger partial charge in [-0.25, -0.2) is 0 Å². The van der Waals surface area contributed by atoms with Crippen molar-refractivity contribution >= 4 is 14.5 Å². The van der Waals surface area contributed by atoms with E-state index >= 15 is 0 Å². The van der Waals surface area contributed by atoms with Gasteiger partial charge in [-0.15, -0.1) is 9.24 Å². The molecule has 3 aromatic carbocycles. The first-order chi connectivity index (χ1) is 12.2. The predicted octanol–water partition coefficient (Wildman–Crippen LogP) is 6.43. The summed E-state index contributed by atoms with van der Waals surface area (Å²) >= 11 is 0. The molecule has 0 spiro atoms. The van der Waals surface area contributed by atoms with Gasteiger partial charge in [0.2, 0.25) is 0 Å². The number of benzene rings is 3. The van der Waals surface area contributed by atoms with Crippen LogP contribution in [0.2, 0.25) is 0 Å². The van der Waals surface area contributed by atoms with Crippen LogP contribution >= 0.6 is 9.24 Å². The van der Waals surface area contributed by atoms with Crippen molar-refractivity contribution in [3.8, 4) is 22.3 Å². The lowest BCUT2D eigenvalue weighted by atomic mass is 9.98. The Hall–Kier alpha value is -1.91. The van der Waals surface area contributed by atoms with Gasteiger partial charge in [0, 0.05) is 0 Å². The summed E-state index contributed by atoms with van der Waals surface area (Å²) in [7, 11) is 2.90. The molecule has 0 radical (unpaired) electrons. The second-order valence-electron chi connectivity index (χ2n) is 6.70. The Labute approximate surface area is 154 Å². The summed E-state index contributed by atoms with van der Waals surface area (Å²) in [6.45, 7) is 4.45.